The van der Waals surface area contributed by atoms with Crippen molar-refractivity contribution in [1.29, 1.82) is 0 Å². The van der Waals surface area contributed by atoms with Gasteiger partial charge in [-0.25, -0.2) is 9.97 Å². The Morgan fingerprint density at radius 1 is 1.11 bits per heavy atom. The Labute approximate surface area is 165 Å². The number of hydrogen-bond acceptors (Lipinski definition) is 5. The molecule has 0 saturated heterocycles. The van der Waals surface area contributed by atoms with Gasteiger partial charge in [0.15, 0.2) is 0 Å². The van der Waals surface area contributed by atoms with Gasteiger partial charge in [-0.05, 0) is 43.3 Å². The van der Waals surface area contributed by atoms with Crippen molar-refractivity contribution in [2.75, 3.05) is 6.61 Å². The molecular weight excluding hydrogens is 410 g/mol. The zero-order valence-corrected chi connectivity index (χ0v) is 16.3. The topological polar surface area (TPSA) is 73.3 Å². The van der Waals surface area contributed by atoms with Crippen molar-refractivity contribution in [3.05, 3.63) is 76.5 Å². The molecule has 0 fully saturated rings. The summed E-state index contributed by atoms with van der Waals surface area (Å²) in [5.41, 5.74) is 1.26. The van der Waals surface area contributed by atoms with Gasteiger partial charge >= 0.3 is 0 Å². The highest BCUT2D eigenvalue weighted by Gasteiger charge is 2.09. The highest BCUT2D eigenvalue weighted by Crippen LogP contribution is 2.21. The fourth-order valence-electron chi connectivity index (χ4n) is 2.30. The summed E-state index contributed by atoms with van der Waals surface area (Å²) < 4.78 is 12.1. The molecule has 0 saturated carbocycles. The number of nitrogens with zero attached hydrogens (tertiary/aromatic N) is 2. The van der Waals surface area contributed by atoms with Crippen LogP contribution >= 0.6 is 15.9 Å². The van der Waals surface area contributed by atoms with E-state index in [1.807, 2.05) is 37.3 Å². The molecule has 27 heavy (non-hydrogen) atoms. The van der Waals surface area contributed by atoms with Crippen LogP contribution in [0.15, 0.2) is 65.4 Å². The number of nitrogens with one attached hydrogen (secondary N) is 1. The first kappa shape index (κ1) is 18.8. The smallest absolute Gasteiger partial charge is 0.253 e. The van der Waals surface area contributed by atoms with Crippen LogP contribution in [0.4, 0.5) is 0 Å². The Balaban J connectivity index is 1.60. The number of aromatic nitrogens is 2. The zero-order valence-electron chi connectivity index (χ0n) is 14.7. The first-order valence-electron chi connectivity index (χ1n) is 8.40. The average Bonchev–Trinajstić information content (AvgIpc) is 2.70. The maximum absolute atomic E-state index is 12.3. The van der Waals surface area contributed by atoms with Crippen LogP contribution in [-0.2, 0) is 6.54 Å². The van der Waals surface area contributed by atoms with Crippen LogP contribution in [0.3, 0.4) is 0 Å². The van der Waals surface area contributed by atoms with E-state index in [0.717, 1.165) is 10.0 Å². The number of carbonyl (C=O) groups is 1. The fraction of sp³-hybridized carbons (Fsp3) is 0.150. The van der Waals surface area contributed by atoms with Crippen LogP contribution in [0.5, 0.6) is 17.5 Å². The number of rotatable bonds is 7. The number of benzene rings is 1. The highest BCUT2D eigenvalue weighted by molar-refractivity contribution is 9.10. The van der Waals surface area contributed by atoms with Crippen molar-refractivity contribution in [3.8, 4) is 17.5 Å². The predicted molar refractivity (Wildman–Crippen MR) is 105 cm³/mol. The van der Waals surface area contributed by atoms with Crippen molar-refractivity contribution in [3.63, 3.8) is 0 Å². The van der Waals surface area contributed by atoms with E-state index in [-0.39, 0.29) is 5.91 Å². The van der Waals surface area contributed by atoms with Crippen molar-refractivity contribution in [1.82, 2.24) is 15.3 Å². The van der Waals surface area contributed by atoms with Gasteiger partial charge in [0.2, 0.25) is 11.8 Å². The lowest BCUT2D eigenvalue weighted by atomic mass is 10.2. The fourth-order valence-corrected chi connectivity index (χ4v) is 2.57. The summed E-state index contributed by atoms with van der Waals surface area (Å²) in [5.74, 6) is 1.38. The maximum atomic E-state index is 12.3. The van der Waals surface area contributed by atoms with Crippen molar-refractivity contribution in [2.45, 2.75) is 13.5 Å². The van der Waals surface area contributed by atoms with Gasteiger partial charge in [-0.15, -0.1) is 0 Å². The van der Waals surface area contributed by atoms with Crippen LogP contribution in [0, 0.1) is 0 Å². The molecule has 2 heterocycles. The minimum atomic E-state index is -0.232. The summed E-state index contributed by atoms with van der Waals surface area (Å²) in [6.07, 6.45) is 3.14. The Morgan fingerprint density at radius 2 is 1.93 bits per heavy atom. The standard InChI is InChI=1S/C20H18BrN3O3/c1-2-26-20-15(4-3-11-22-20)13-24-19(25)14-5-10-18(23-12-14)27-17-8-6-16(21)7-9-17/h3-12H,2,13H2,1H3,(H,24,25). The summed E-state index contributed by atoms with van der Waals surface area (Å²) in [4.78, 5) is 20.7. The zero-order chi connectivity index (χ0) is 19.1. The normalized spacial score (nSPS) is 10.3. The van der Waals surface area contributed by atoms with E-state index < -0.39 is 0 Å². The maximum Gasteiger partial charge on any atom is 0.253 e. The van der Waals surface area contributed by atoms with E-state index in [9.17, 15) is 4.79 Å². The first-order chi connectivity index (χ1) is 13.2. The molecule has 0 atom stereocenters. The lowest BCUT2D eigenvalue weighted by Gasteiger charge is -2.10. The van der Waals surface area contributed by atoms with Gasteiger partial charge in [-0.2, -0.15) is 0 Å². The molecule has 2 aromatic heterocycles. The first-order valence-corrected chi connectivity index (χ1v) is 9.19. The molecule has 0 radical (unpaired) electrons. The van der Waals surface area contributed by atoms with E-state index in [1.54, 1.807) is 24.4 Å². The van der Waals surface area contributed by atoms with Crippen LogP contribution in [-0.4, -0.2) is 22.5 Å². The Morgan fingerprint density at radius 3 is 2.63 bits per heavy atom. The molecule has 0 aliphatic heterocycles. The number of ether oxygens (including phenoxy) is 2. The molecule has 0 unspecified atom stereocenters. The van der Waals surface area contributed by atoms with E-state index in [4.69, 9.17) is 9.47 Å². The van der Waals surface area contributed by atoms with E-state index in [1.165, 1.54) is 6.20 Å². The Kier molecular flexibility index (Phi) is 6.38. The SMILES string of the molecule is CCOc1ncccc1CNC(=O)c1ccc(Oc2ccc(Br)cc2)nc1. The second-order valence-corrected chi connectivity index (χ2v) is 6.44. The lowest BCUT2D eigenvalue weighted by Crippen LogP contribution is -2.23. The van der Waals surface area contributed by atoms with Crippen molar-refractivity contribution >= 4 is 21.8 Å². The minimum absolute atomic E-state index is 0.232. The van der Waals surface area contributed by atoms with Crippen LogP contribution < -0.4 is 14.8 Å². The molecule has 3 aromatic rings. The summed E-state index contributed by atoms with van der Waals surface area (Å²) >= 11 is 3.37. The molecule has 3 rings (SSSR count). The highest BCUT2D eigenvalue weighted by atomic mass is 79.9. The van der Waals surface area contributed by atoms with Crippen LogP contribution in [0.2, 0.25) is 0 Å². The summed E-state index contributed by atoms with van der Waals surface area (Å²) in [7, 11) is 0. The Hall–Kier alpha value is -2.93. The molecule has 0 bridgehead atoms. The monoisotopic (exact) mass is 427 g/mol. The van der Waals surface area contributed by atoms with Crippen LogP contribution in [0.25, 0.3) is 0 Å². The molecule has 0 aliphatic rings. The van der Waals surface area contributed by atoms with Gasteiger partial charge in [0.1, 0.15) is 5.75 Å². The van der Waals surface area contributed by atoms with Crippen LogP contribution in [0.1, 0.15) is 22.8 Å². The van der Waals surface area contributed by atoms with Gasteiger partial charge in [-0.3, -0.25) is 4.79 Å². The Bertz CT molecular complexity index is 899. The second-order valence-electron chi connectivity index (χ2n) is 5.52. The summed E-state index contributed by atoms with van der Waals surface area (Å²) in [6.45, 7) is 2.72. The number of amides is 1. The number of pyridine rings is 2. The summed E-state index contributed by atoms with van der Waals surface area (Å²) in [5, 5.41) is 2.84. The number of hydrogen-bond donors (Lipinski definition) is 1. The van der Waals surface area contributed by atoms with E-state index >= 15 is 0 Å². The molecule has 1 amide bonds. The molecule has 6 nitrogen and oxygen atoms in total. The largest absolute Gasteiger partial charge is 0.478 e. The lowest BCUT2D eigenvalue weighted by molar-refractivity contribution is 0.0950. The third-order valence-corrected chi connectivity index (χ3v) is 4.13. The second kappa shape index (κ2) is 9.14. The molecule has 7 heteroatoms. The third kappa shape index (κ3) is 5.27. The number of halogens is 1. The molecule has 0 spiro atoms. The van der Waals surface area contributed by atoms with Gasteiger partial charge in [-0.1, -0.05) is 22.0 Å². The third-order valence-electron chi connectivity index (χ3n) is 3.61. The minimum Gasteiger partial charge on any atom is -0.478 e. The molecule has 1 aromatic carbocycles. The van der Waals surface area contributed by atoms with E-state index in [2.05, 4.69) is 31.2 Å². The van der Waals surface area contributed by atoms with Gasteiger partial charge in [0.25, 0.3) is 5.91 Å². The molecule has 0 aliphatic carbocycles. The van der Waals surface area contributed by atoms with Gasteiger partial charge in [0, 0.05) is 35.0 Å². The van der Waals surface area contributed by atoms with Gasteiger partial charge in [0.05, 0.1) is 12.2 Å². The summed E-state index contributed by atoms with van der Waals surface area (Å²) in [6, 6.07) is 14.4. The quantitative estimate of drug-likeness (QED) is 0.606. The van der Waals surface area contributed by atoms with E-state index in [0.29, 0.717) is 36.2 Å². The van der Waals surface area contributed by atoms with Crippen molar-refractivity contribution < 1.29 is 14.3 Å². The molecule has 1 N–H and O–H groups in total. The average molecular weight is 428 g/mol. The molecule has 138 valence electrons. The van der Waals surface area contributed by atoms with Crippen molar-refractivity contribution in [2.24, 2.45) is 0 Å². The van der Waals surface area contributed by atoms with Gasteiger partial charge < -0.3 is 14.8 Å². The number of carbonyl (C=O) groups excluding carboxylic acids is 1. The molecular formula is C20H18BrN3O3. The predicted octanol–water partition coefficient (Wildman–Crippen LogP) is 4.36.